The van der Waals surface area contributed by atoms with Crippen molar-refractivity contribution in [2.24, 2.45) is 0 Å². The molecule has 0 aromatic carbocycles. The zero-order chi connectivity index (χ0) is 11.5. The minimum atomic E-state index is 0.168. The number of aromatic amines is 1. The molecule has 1 aliphatic carbocycles. The summed E-state index contributed by atoms with van der Waals surface area (Å²) >= 11 is 5.14. The highest BCUT2D eigenvalue weighted by atomic mass is 32.1. The molecule has 4 nitrogen and oxygen atoms in total. The molecule has 0 radical (unpaired) electrons. The number of nitrogens with one attached hydrogen (secondary N) is 2. The number of H-pyrrole nitrogens is 1. The van der Waals surface area contributed by atoms with Crippen LogP contribution in [0.25, 0.3) is 0 Å². The SMILES string of the molecule is Cc1cn(CCCC(=O)NC2CC2)c(=S)[nH]1. The van der Waals surface area contributed by atoms with Crippen molar-refractivity contribution < 1.29 is 4.79 Å². The summed E-state index contributed by atoms with van der Waals surface area (Å²) in [5.74, 6) is 0.168. The van der Waals surface area contributed by atoms with Crippen LogP contribution in [0.3, 0.4) is 0 Å². The van der Waals surface area contributed by atoms with Crippen LogP contribution in [0.4, 0.5) is 0 Å². The number of amides is 1. The van der Waals surface area contributed by atoms with Gasteiger partial charge in [0, 0.05) is 30.9 Å². The molecule has 0 bridgehead atoms. The zero-order valence-corrected chi connectivity index (χ0v) is 10.3. The molecular weight excluding hydrogens is 222 g/mol. The maximum Gasteiger partial charge on any atom is 0.220 e. The van der Waals surface area contributed by atoms with E-state index in [-0.39, 0.29) is 5.91 Å². The second-order valence-corrected chi connectivity index (χ2v) is 4.77. The van der Waals surface area contributed by atoms with Crippen molar-refractivity contribution in [3.63, 3.8) is 0 Å². The predicted octanol–water partition coefficient (Wildman–Crippen LogP) is 1.91. The summed E-state index contributed by atoms with van der Waals surface area (Å²) in [5, 5.41) is 2.98. The number of rotatable bonds is 5. The smallest absolute Gasteiger partial charge is 0.220 e. The highest BCUT2D eigenvalue weighted by molar-refractivity contribution is 7.71. The molecule has 0 spiro atoms. The van der Waals surface area contributed by atoms with Gasteiger partial charge in [0.25, 0.3) is 0 Å². The lowest BCUT2D eigenvalue weighted by Crippen LogP contribution is -2.25. The number of carbonyl (C=O) groups excluding carboxylic acids is 1. The highest BCUT2D eigenvalue weighted by Crippen LogP contribution is 2.18. The fourth-order valence-electron chi connectivity index (χ4n) is 1.67. The van der Waals surface area contributed by atoms with Gasteiger partial charge in [-0.05, 0) is 38.4 Å². The molecule has 1 heterocycles. The molecule has 0 atom stereocenters. The molecule has 1 amide bonds. The van der Waals surface area contributed by atoms with Gasteiger partial charge in [0.15, 0.2) is 4.77 Å². The van der Waals surface area contributed by atoms with Gasteiger partial charge in [0.05, 0.1) is 0 Å². The average Bonchev–Trinajstić information content (AvgIpc) is 2.94. The number of hydrogen-bond donors (Lipinski definition) is 2. The molecule has 1 saturated carbocycles. The summed E-state index contributed by atoms with van der Waals surface area (Å²) in [6, 6.07) is 0.462. The van der Waals surface area contributed by atoms with Gasteiger partial charge in [-0.3, -0.25) is 4.79 Å². The molecule has 0 saturated heterocycles. The predicted molar refractivity (Wildman–Crippen MR) is 64.8 cm³/mol. The Morgan fingerprint density at radius 1 is 1.69 bits per heavy atom. The molecule has 0 unspecified atom stereocenters. The Hall–Kier alpha value is -1.10. The van der Waals surface area contributed by atoms with Crippen LogP contribution in [0.1, 0.15) is 31.4 Å². The maximum atomic E-state index is 11.4. The third-order valence-electron chi connectivity index (χ3n) is 2.66. The summed E-state index contributed by atoms with van der Waals surface area (Å²) < 4.78 is 2.72. The molecule has 1 aliphatic rings. The van der Waals surface area contributed by atoms with Crippen LogP contribution in [0, 0.1) is 11.7 Å². The summed E-state index contributed by atoms with van der Waals surface area (Å²) in [4.78, 5) is 14.5. The van der Waals surface area contributed by atoms with Gasteiger partial charge in [-0.25, -0.2) is 0 Å². The number of carbonyl (C=O) groups is 1. The lowest BCUT2D eigenvalue weighted by molar-refractivity contribution is -0.121. The fourth-order valence-corrected chi connectivity index (χ4v) is 1.97. The normalized spacial score (nSPS) is 15.1. The molecule has 88 valence electrons. The lowest BCUT2D eigenvalue weighted by Gasteiger charge is -2.03. The average molecular weight is 239 g/mol. The van der Waals surface area contributed by atoms with E-state index in [4.69, 9.17) is 12.2 Å². The van der Waals surface area contributed by atoms with E-state index in [2.05, 4.69) is 10.3 Å². The number of hydrogen-bond acceptors (Lipinski definition) is 2. The number of nitrogens with zero attached hydrogens (tertiary/aromatic N) is 1. The number of aromatic nitrogens is 2. The molecule has 2 N–H and O–H groups in total. The molecular formula is C11H17N3OS. The Bertz CT molecular complexity index is 431. The van der Waals surface area contributed by atoms with Gasteiger partial charge in [0.2, 0.25) is 5.91 Å². The molecule has 1 aromatic rings. The van der Waals surface area contributed by atoms with E-state index in [0.717, 1.165) is 36.3 Å². The summed E-state index contributed by atoms with van der Waals surface area (Å²) in [7, 11) is 0. The van der Waals surface area contributed by atoms with Crippen LogP contribution in [-0.4, -0.2) is 21.5 Å². The van der Waals surface area contributed by atoms with Crippen LogP contribution in [-0.2, 0) is 11.3 Å². The minimum absolute atomic E-state index is 0.168. The van der Waals surface area contributed by atoms with E-state index in [9.17, 15) is 4.79 Å². The first-order chi connectivity index (χ1) is 7.65. The van der Waals surface area contributed by atoms with Gasteiger partial charge in [-0.1, -0.05) is 0 Å². The van der Waals surface area contributed by atoms with E-state index in [1.54, 1.807) is 0 Å². The van der Waals surface area contributed by atoms with E-state index in [1.807, 2.05) is 17.7 Å². The second kappa shape index (κ2) is 4.82. The first-order valence-electron chi connectivity index (χ1n) is 5.70. The van der Waals surface area contributed by atoms with E-state index in [0.29, 0.717) is 12.5 Å². The Balaban J connectivity index is 1.72. The van der Waals surface area contributed by atoms with Gasteiger partial charge < -0.3 is 14.9 Å². The Labute approximate surface area is 100 Å². The van der Waals surface area contributed by atoms with E-state index in [1.165, 1.54) is 0 Å². The number of aryl methyl sites for hydroxylation is 2. The topological polar surface area (TPSA) is 49.8 Å². The van der Waals surface area contributed by atoms with Gasteiger partial charge >= 0.3 is 0 Å². The Kier molecular flexibility index (Phi) is 3.43. The van der Waals surface area contributed by atoms with Gasteiger partial charge in [-0.15, -0.1) is 0 Å². The molecule has 1 aromatic heterocycles. The largest absolute Gasteiger partial charge is 0.353 e. The van der Waals surface area contributed by atoms with Crippen molar-refractivity contribution in [3.8, 4) is 0 Å². The second-order valence-electron chi connectivity index (χ2n) is 4.38. The maximum absolute atomic E-state index is 11.4. The Morgan fingerprint density at radius 3 is 3.00 bits per heavy atom. The van der Waals surface area contributed by atoms with Crippen LogP contribution in [0.15, 0.2) is 6.20 Å². The highest BCUT2D eigenvalue weighted by Gasteiger charge is 2.22. The molecule has 1 fully saturated rings. The van der Waals surface area contributed by atoms with Gasteiger partial charge in [-0.2, -0.15) is 0 Å². The van der Waals surface area contributed by atoms with Crippen molar-refractivity contribution in [2.75, 3.05) is 0 Å². The van der Waals surface area contributed by atoms with Crippen molar-refractivity contribution in [1.82, 2.24) is 14.9 Å². The van der Waals surface area contributed by atoms with Crippen molar-refractivity contribution in [1.29, 1.82) is 0 Å². The minimum Gasteiger partial charge on any atom is -0.353 e. The van der Waals surface area contributed by atoms with E-state index < -0.39 is 0 Å². The van der Waals surface area contributed by atoms with E-state index >= 15 is 0 Å². The number of imidazole rings is 1. The third-order valence-corrected chi connectivity index (χ3v) is 3.00. The summed E-state index contributed by atoms with van der Waals surface area (Å²) in [5.41, 5.74) is 1.06. The van der Waals surface area contributed by atoms with Crippen molar-refractivity contribution in [2.45, 2.75) is 45.2 Å². The van der Waals surface area contributed by atoms with Crippen LogP contribution in [0.2, 0.25) is 0 Å². The standard InChI is InChI=1S/C11H17N3OS/c1-8-7-14(11(16)12-8)6-2-3-10(15)13-9-4-5-9/h7,9H,2-6H2,1H3,(H,12,16)(H,13,15). The first-order valence-corrected chi connectivity index (χ1v) is 6.11. The van der Waals surface area contributed by atoms with Crippen molar-refractivity contribution in [3.05, 3.63) is 16.7 Å². The molecule has 2 rings (SSSR count). The Morgan fingerprint density at radius 2 is 2.44 bits per heavy atom. The van der Waals surface area contributed by atoms with Gasteiger partial charge in [0.1, 0.15) is 0 Å². The zero-order valence-electron chi connectivity index (χ0n) is 9.45. The fraction of sp³-hybridized carbons (Fsp3) is 0.636. The monoisotopic (exact) mass is 239 g/mol. The van der Waals surface area contributed by atoms with Crippen LogP contribution < -0.4 is 5.32 Å². The van der Waals surface area contributed by atoms with Crippen LogP contribution in [0.5, 0.6) is 0 Å². The molecule has 16 heavy (non-hydrogen) atoms. The van der Waals surface area contributed by atoms with Crippen LogP contribution >= 0.6 is 12.2 Å². The summed E-state index contributed by atoms with van der Waals surface area (Å²) in [6.45, 7) is 2.79. The quantitative estimate of drug-likeness (QED) is 0.771. The lowest BCUT2D eigenvalue weighted by atomic mass is 10.3. The summed E-state index contributed by atoms with van der Waals surface area (Å²) in [6.07, 6.45) is 5.70. The molecule has 5 heteroatoms. The van der Waals surface area contributed by atoms with Crippen molar-refractivity contribution >= 4 is 18.1 Å². The first kappa shape index (κ1) is 11.4. The molecule has 0 aliphatic heterocycles. The third kappa shape index (κ3) is 3.20.